The number of ether oxygens (including phenoxy) is 1. The summed E-state index contributed by atoms with van der Waals surface area (Å²) in [6.45, 7) is 0.942. The lowest BCUT2D eigenvalue weighted by molar-refractivity contribution is 0.220. The Morgan fingerprint density at radius 1 is 1.21 bits per heavy atom. The van der Waals surface area contributed by atoms with Crippen molar-refractivity contribution in [1.82, 2.24) is 0 Å². The molecule has 3 rings (SSSR count). The van der Waals surface area contributed by atoms with E-state index in [0.29, 0.717) is 0 Å². The number of aliphatic hydroxyl groups excluding tert-OH is 1. The minimum Gasteiger partial charge on any atom is -0.497 e. The van der Waals surface area contributed by atoms with Crippen LogP contribution in [0.15, 0.2) is 42.5 Å². The first-order chi connectivity index (χ1) is 9.29. The Hall–Kier alpha value is -2.00. The van der Waals surface area contributed by atoms with E-state index in [1.54, 1.807) is 7.11 Å². The van der Waals surface area contributed by atoms with Crippen molar-refractivity contribution in [2.24, 2.45) is 0 Å². The number of fused-ring (bicyclic) bond motifs is 1. The van der Waals surface area contributed by atoms with Crippen LogP contribution >= 0.6 is 0 Å². The number of para-hydroxylation sites is 1. The van der Waals surface area contributed by atoms with Crippen LogP contribution in [-0.4, -0.2) is 18.8 Å². The van der Waals surface area contributed by atoms with Gasteiger partial charge in [-0.1, -0.05) is 30.3 Å². The van der Waals surface area contributed by atoms with Gasteiger partial charge in [-0.05, 0) is 29.7 Å². The third-order valence-corrected chi connectivity index (χ3v) is 3.58. The summed E-state index contributed by atoms with van der Waals surface area (Å²) < 4.78 is 5.21. The monoisotopic (exact) mass is 255 g/mol. The van der Waals surface area contributed by atoms with Crippen LogP contribution in [0, 0.1) is 0 Å². The zero-order valence-corrected chi connectivity index (χ0v) is 10.9. The Morgan fingerprint density at radius 3 is 2.89 bits per heavy atom. The molecule has 0 amide bonds. The van der Waals surface area contributed by atoms with Crippen molar-refractivity contribution in [3.63, 3.8) is 0 Å². The second-order valence-corrected chi connectivity index (χ2v) is 4.74. The highest BCUT2D eigenvalue weighted by Gasteiger charge is 2.20. The number of rotatable bonds is 3. The van der Waals surface area contributed by atoms with Crippen LogP contribution in [0.1, 0.15) is 22.8 Å². The Labute approximate surface area is 112 Å². The fourth-order valence-electron chi connectivity index (χ4n) is 2.59. The predicted molar refractivity (Wildman–Crippen MR) is 75.7 cm³/mol. The van der Waals surface area contributed by atoms with E-state index in [2.05, 4.69) is 11.4 Å². The molecule has 0 saturated heterocycles. The molecule has 1 atom stereocenters. The lowest BCUT2D eigenvalue weighted by Crippen LogP contribution is -2.04. The lowest BCUT2D eigenvalue weighted by atomic mass is 9.97. The number of benzene rings is 2. The maximum absolute atomic E-state index is 10.6. The molecule has 1 aliphatic rings. The molecular formula is C16H17NO2. The minimum absolute atomic E-state index is 0.629. The van der Waals surface area contributed by atoms with Gasteiger partial charge in [0.25, 0.3) is 0 Å². The third-order valence-electron chi connectivity index (χ3n) is 3.58. The number of aliphatic hydroxyl groups is 1. The fourth-order valence-corrected chi connectivity index (χ4v) is 2.59. The van der Waals surface area contributed by atoms with Crippen LogP contribution in [-0.2, 0) is 6.42 Å². The molecule has 0 radical (unpaired) electrons. The second kappa shape index (κ2) is 4.94. The highest BCUT2D eigenvalue weighted by atomic mass is 16.5. The standard InChI is InChI=1S/C16H17NO2/c1-19-13-6-2-5-12(10-13)16(18)14-7-3-4-11-8-9-17-15(11)14/h2-7,10,16-18H,8-9H2,1H3. The van der Waals surface area contributed by atoms with Crippen LogP contribution in [0.3, 0.4) is 0 Å². The largest absolute Gasteiger partial charge is 0.497 e. The van der Waals surface area contributed by atoms with Gasteiger partial charge in [-0.2, -0.15) is 0 Å². The molecule has 1 unspecified atom stereocenters. The number of methoxy groups -OCH3 is 1. The summed E-state index contributed by atoms with van der Waals surface area (Å²) in [6.07, 6.45) is 0.393. The average molecular weight is 255 g/mol. The summed E-state index contributed by atoms with van der Waals surface area (Å²) >= 11 is 0. The van der Waals surface area contributed by atoms with Gasteiger partial charge in [0.1, 0.15) is 11.9 Å². The molecule has 0 aliphatic carbocycles. The quantitative estimate of drug-likeness (QED) is 0.886. The summed E-state index contributed by atoms with van der Waals surface area (Å²) in [7, 11) is 1.63. The molecule has 1 aliphatic heterocycles. The van der Waals surface area contributed by atoms with E-state index in [0.717, 1.165) is 35.5 Å². The van der Waals surface area contributed by atoms with E-state index in [9.17, 15) is 5.11 Å². The number of hydrogen-bond donors (Lipinski definition) is 2. The molecule has 0 fully saturated rings. The molecule has 0 bridgehead atoms. The van der Waals surface area contributed by atoms with E-state index in [1.165, 1.54) is 5.56 Å². The van der Waals surface area contributed by atoms with Crippen LogP contribution in [0.25, 0.3) is 0 Å². The first-order valence-corrected chi connectivity index (χ1v) is 6.47. The molecule has 0 saturated carbocycles. The van der Waals surface area contributed by atoms with E-state index >= 15 is 0 Å². The van der Waals surface area contributed by atoms with Crippen molar-refractivity contribution < 1.29 is 9.84 Å². The molecule has 1 heterocycles. The van der Waals surface area contributed by atoms with E-state index in [1.807, 2.05) is 36.4 Å². The smallest absolute Gasteiger partial charge is 0.119 e. The average Bonchev–Trinajstić information content (AvgIpc) is 2.95. The van der Waals surface area contributed by atoms with Crippen molar-refractivity contribution in [2.45, 2.75) is 12.5 Å². The summed E-state index contributed by atoms with van der Waals surface area (Å²) in [6, 6.07) is 13.7. The molecule has 19 heavy (non-hydrogen) atoms. The SMILES string of the molecule is COc1cccc(C(O)c2cccc3c2NCC3)c1. The van der Waals surface area contributed by atoms with Crippen molar-refractivity contribution in [2.75, 3.05) is 19.0 Å². The van der Waals surface area contributed by atoms with Gasteiger partial charge in [-0.25, -0.2) is 0 Å². The van der Waals surface area contributed by atoms with Gasteiger partial charge >= 0.3 is 0 Å². The van der Waals surface area contributed by atoms with Gasteiger partial charge in [-0.15, -0.1) is 0 Å². The highest BCUT2D eigenvalue weighted by Crippen LogP contribution is 2.34. The predicted octanol–water partition coefficient (Wildman–Crippen LogP) is 2.74. The molecule has 2 N–H and O–H groups in total. The van der Waals surface area contributed by atoms with Gasteiger partial charge < -0.3 is 15.2 Å². The molecule has 98 valence electrons. The normalized spacial score (nSPS) is 14.6. The molecule has 3 nitrogen and oxygen atoms in total. The van der Waals surface area contributed by atoms with Crippen LogP contribution in [0.5, 0.6) is 5.75 Å². The summed E-state index contributed by atoms with van der Waals surface area (Å²) in [4.78, 5) is 0. The van der Waals surface area contributed by atoms with Gasteiger partial charge in [0.15, 0.2) is 0 Å². The fraction of sp³-hybridized carbons (Fsp3) is 0.250. The van der Waals surface area contributed by atoms with E-state index in [-0.39, 0.29) is 0 Å². The molecule has 0 aromatic heterocycles. The third kappa shape index (κ3) is 2.17. The topological polar surface area (TPSA) is 41.5 Å². The van der Waals surface area contributed by atoms with Crippen LogP contribution < -0.4 is 10.1 Å². The van der Waals surface area contributed by atoms with E-state index < -0.39 is 6.10 Å². The first kappa shape index (κ1) is 12.1. The second-order valence-electron chi connectivity index (χ2n) is 4.74. The van der Waals surface area contributed by atoms with Gasteiger partial charge in [0, 0.05) is 17.8 Å². The summed E-state index contributed by atoms with van der Waals surface area (Å²) in [5.74, 6) is 0.761. The number of anilines is 1. The van der Waals surface area contributed by atoms with Gasteiger partial charge in [0.05, 0.1) is 7.11 Å². The molecule has 2 aromatic rings. The number of hydrogen-bond acceptors (Lipinski definition) is 3. The molecule has 3 heteroatoms. The van der Waals surface area contributed by atoms with Crippen LogP contribution in [0.4, 0.5) is 5.69 Å². The van der Waals surface area contributed by atoms with Crippen molar-refractivity contribution in [3.8, 4) is 5.75 Å². The highest BCUT2D eigenvalue weighted by molar-refractivity contribution is 5.63. The van der Waals surface area contributed by atoms with Gasteiger partial charge in [0.2, 0.25) is 0 Å². The molecule has 2 aromatic carbocycles. The number of nitrogens with one attached hydrogen (secondary N) is 1. The first-order valence-electron chi connectivity index (χ1n) is 6.47. The molecular weight excluding hydrogens is 238 g/mol. The Bertz CT molecular complexity index is 595. The Kier molecular flexibility index (Phi) is 3.13. The summed E-state index contributed by atoms with van der Waals surface area (Å²) in [5, 5.41) is 13.9. The van der Waals surface area contributed by atoms with Crippen LogP contribution in [0.2, 0.25) is 0 Å². The summed E-state index contributed by atoms with van der Waals surface area (Å²) in [5.41, 5.74) is 4.14. The Balaban J connectivity index is 2.00. The lowest BCUT2D eigenvalue weighted by Gasteiger charge is -2.16. The van der Waals surface area contributed by atoms with Crippen molar-refractivity contribution in [1.29, 1.82) is 0 Å². The van der Waals surface area contributed by atoms with Gasteiger partial charge in [-0.3, -0.25) is 0 Å². The Morgan fingerprint density at radius 2 is 2.05 bits per heavy atom. The van der Waals surface area contributed by atoms with E-state index in [4.69, 9.17) is 4.74 Å². The maximum atomic E-state index is 10.6. The van der Waals surface area contributed by atoms with Crippen molar-refractivity contribution in [3.05, 3.63) is 59.2 Å². The maximum Gasteiger partial charge on any atom is 0.119 e. The minimum atomic E-state index is -0.629. The molecule has 0 spiro atoms. The zero-order valence-electron chi connectivity index (χ0n) is 10.9. The zero-order chi connectivity index (χ0) is 13.2. The van der Waals surface area contributed by atoms with Crippen molar-refractivity contribution >= 4 is 5.69 Å².